The van der Waals surface area contributed by atoms with Gasteiger partial charge in [-0.25, -0.2) is 13.6 Å². The Labute approximate surface area is 170 Å². The lowest BCUT2D eigenvalue weighted by Gasteiger charge is -2.32. The zero-order valence-electron chi connectivity index (χ0n) is 14.9. The van der Waals surface area contributed by atoms with Gasteiger partial charge in [0.25, 0.3) is 0 Å². The van der Waals surface area contributed by atoms with Gasteiger partial charge in [0.1, 0.15) is 0 Å². The minimum absolute atomic E-state index is 0.0761. The molecular formula is C14H23NO10S3. The summed E-state index contributed by atoms with van der Waals surface area (Å²) >= 11 is 1.58. The first-order chi connectivity index (χ1) is 12.8. The van der Waals surface area contributed by atoms with Crippen molar-refractivity contribution >= 4 is 57.4 Å². The van der Waals surface area contributed by atoms with Crippen molar-refractivity contribution < 1.29 is 48.0 Å². The molecule has 0 heterocycles. The molecule has 0 aromatic heterocycles. The number of carboxylic acid groups (broad SMARTS) is 4. The molecule has 0 aromatic carbocycles. The van der Waals surface area contributed by atoms with Gasteiger partial charge < -0.3 is 20.4 Å². The molecule has 0 saturated carbocycles. The van der Waals surface area contributed by atoms with Crippen LogP contribution >= 0.6 is 23.5 Å². The van der Waals surface area contributed by atoms with E-state index in [2.05, 4.69) is 0 Å². The number of thioether (sulfide) groups is 2. The third-order valence-electron chi connectivity index (χ3n) is 3.67. The smallest absolute Gasteiger partial charge is 0.308 e. The highest BCUT2D eigenvalue weighted by molar-refractivity contribution is 8.01. The lowest BCUT2D eigenvalue weighted by molar-refractivity contribution is -0.142. The van der Waals surface area contributed by atoms with Crippen molar-refractivity contribution in [3.63, 3.8) is 0 Å². The van der Waals surface area contributed by atoms with Gasteiger partial charge in [0.05, 0.1) is 30.4 Å². The molecule has 11 nitrogen and oxygen atoms in total. The largest absolute Gasteiger partial charge is 0.481 e. The van der Waals surface area contributed by atoms with Gasteiger partial charge in [0.15, 0.2) is 0 Å². The number of hydrogen-bond acceptors (Lipinski definition) is 8. The zero-order chi connectivity index (χ0) is 22.1. The molecule has 0 amide bonds. The Morgan fingerprint density at radius 2 is 1.36 bits per heavy atom. The highest BCUT2D eigenvalue weighted by atomic mass is 32.2. The van der Waals surface area contributed by atoms with Gasteiger partial charge >= 0.3 is 23.9 Å². The highest BCUT2D eigenvalue weighted by Gasteiger charge is 2.43. The van der Waals surface area contributed by atoms with Crippen LogP contribution in [-0.4, -0.2) is 80.0 Å². The van der Waals surface area contributed by atoms with E-state index in [-0.39, 0.29) is 24.3 Å². The van der Waals surface area contributed by atoms with Crippen LogP contribution in [0.15, 0.2) is 0 Å². The van der Waals surface area contributed by atoms with E-state index in [9.17, 15) is 32.7 Å². The number of primary sulfonamides is 1. The van der Waals surface area contributed by atoms with Crippen LogP contribution in [0.2, 0.25) is 0 Å². The van der Waals surface area contributed by atoms with Crippen molar-refractivity contribution in [1.29, 1.82) is 0 Å². The minimum atomic E-state index is -4.21. The lowest BCUT2D eigenvalue weighted by atomic mass is 9.96. The molecular weight excluding hydrogens is 438 g/mol. The van der Waals surface area contributed by atoms with Gasteiger partial charge in [-0.05, 0) is 6.92 Å². The zero-order valence-corrected chi connectivity index (χ0v) is 17.3. The standard InChI is InChI=1S/C14H23NO10S3/c1-7(28(15,24)25)13(27-5-3-10(18)19)12(14(22)23)8(6-11(20)21)26-4-2-9(16)17/h7-8,12-13H,2-6H2,1H3,(H,16,17)(H,18,19)(H,20,21)(H,22,23)(H2,15,24,25). The van der Waals surface area contributed by atoms with Crippen LogP contribution in [0.3, 0.4) is 0 Å². The molecule has 0 radical (unpaired) electrons. The second-order valence-electron chi connectivity index (χ2n) is 5.79. The SMILES string of the molecule is CC(C(SCCC(=O)O)C(C(=O)O)C(CC(=O)O)SCCC(=O)O)S(N)(=O)=O. The molecule has 0 aromatic rings. The quantitative estimate of drug-likeness (QED) is 0.218. The molecule has 0 aliphatic carbocycles. The van der Waals surface area contributed by atoms with E-state index < -0.39 is 62.0 Å². The Hall–Kier alpha value is -1.51. The van der Waals surface area contributed by atoms with E-state index in [1.54, 1.807) is 0 Å². The van der Waals surface area contributed by atoms with Crippen LogP contribution in [0, 0.1) is 5.92 Å². The maximum Gasteiger partial charge on any atom is 0.308 e. The Bertz CT molecular complexity index is 681. The molecule has 14 heteroatoms. The number of sulfonamides is 1. The van der Waals surface area contributed by atoms with E-state index in [1.165, 1.54) is 6.92 Å². The van der Waals surface area contributed by atoms with Gasteiger partial charge in [0.2, 0.25) is 10.0 Å². The summed E-state index contributed by atoms with van der Waals surface area (Å²) in [4.78, 5) is 44.5. The first-order valence-corrected chi connectivity index (χ1v) is 11.6. The van der Waals surface area contributed by atoms with Gasteiger partial charge in [0, 0.05) is 22.0 Å². The Morgan fingerprint density at radius 3 is 1.71 bits per heavy atom. The predicted molar refractivity (Wildman–Crippen MR) is 103 cm³/mol. The van der Waals surface area contributed by atoms with Crippen molar-refractivity contribution in [1.82, 2.24) is 0 Å². The molecule has 0 rings (SSSR count). The third kappa shape index (κ3) is 10.1. The molecule has 0 spiro atoms. The van der Waals surface area contributed by atoms with Crippen molar-refractivity contribution in [2.45, 2.75) is 41.9 Å². The maximum absolute atomic E-state index is 11.9. The van der Waals surface area contributed by atoms with Crippen LogP contribution < -0.4 is 5.14 Å². The molecule has 0 fully saturated rings. The maximum atomic E-state index is 11.9. The first kappa shape index (κ1) is 26.5. The fraction of sp³-hybridized carbons (Fsp3) is 0.714. The minimum Gasteiger partial charge on any atom is -0.481 e. The summed E-state index contributed by atoms with van der Waals surface area (Å²) in [6.07, 6.45) is -1.34. The van der Waals surface area contributed by atoms with Gasteiger partial charge in [-0.3, -0.25) is 19.2 Å². The molecule has 0 aliphatic rings. The van der Waals surface area contributed by atoms with E-state index in [1.807, 2.05) is 0 Å². The molecule has 4 atom stereocenters. The van der Waals surface area contributed by atoms with E-state index in [4.69, 9.17) is 20.5 Å². The number of carboxylic acids is 4. The average molecular weight is 462 g/mol. The summed E-state index contributed by atoms with van der Waals surface area (Å²) < 4.78 is 23.6. The van der Waals surface area contributed by atoms with Crippen LogP contribution in [-0.2, 0) is 29.2 Å². The first-order valence-electron chi connectivity index (χ1n) is 7.90. The van der Waals surface area contributed by atoms with Gasteiger partial charge in [-0.1, -0.05) is 0 Å². The Morgan fingerprint density at radius 1 is 0.893 bits per heavy atom. The molecule has 162 valence electrons. The molecule has 4 unspecified atom stereocenters. The highest BCUT2D eigenvalue weighted by Crippen LogP contribution is 2.36. The summed E-state index contributed by atoms with van der Waals surface area (Å²) in [6, 6.07) is 0. The second-order valence-corrected chi connectivity index (χ2v) is 10.3. The number of aliphatic carboxylic acids is 4. The number of hydrogen-bond donors (Lipinski definition) is 5. The summed E-state index contributed by atoms with van der Waals surface area (Å²) in [5.41, 5.74) is 0. The normalized spacial score (nSPS) is 15.9. The van der Waals surface area contributed by atoms with Crippen LogP contribution in [0.5, 0.6) is 0 Å². The molecule has 0 saturated heterocycles. The van der Waals surface area contributed by atoms with Crippen LogP contribution in [0.1, 0.15) is 26.2 Å². The molecule has 28 heavy (non-hydrogen) atoms. The monoisotopic (exact) mass is 461 g/mol. The third-order valence-corrected chi connectivity index (χ3v) is 8.03. The summed E-state index contributed by atoms with van der Waals surface area (Å²) in [7, 11) is -4.21. The number of rotatable bonds is 15. The summed E-state index contributed by atoms with van der Waals surface area (Å²) in [5, 5.41) is 37.6. The number of carbonyl (C=O) groups is 4. The summed E-state index contributed by atoms with van der Waals surface area (Å²) in [6.45, 7) is 1.17. The molecule has 0 aliphatic heterocycles. The van der Waals surface area contributed by atoms with E-state index in [0.717, 1.165) is 23.5 Å². The fourth-order valence-corrected chi connectivity index (χ4v) is 6.31. The topological polar surface area (TPSA) is 209 Å². The Kier molecular flexibility index (Phi) is 11.5. The van der Waals surface area contributed by atoms with E-state index in [0.29, 0.717) is 0 Å². The average Bonchev–Trinajstić information content (AvgIpc) is 2.50. The van der Waals surface area contributed by atoms with E-state index >= 15 is 0 Å². The van der Waals surface area contributed by atoms with Gasteiger partial charge in [-0.15, -0.1) is 0 Å². The lowest BCUT2D eigenvalue weighted by Crippen LogP contribution is -2.46. The second kappa shape index (κ2) is 12.1. The van der Waals surface area contributed by atoms with Crippen LogP contribution in [0.4, 0.5) is 0 Å². The van der Waals surface area contributed by atoms with Crippen molar-refractivity contribution in [2.24, 2.45) is 11.1 Å². The summed E-state index contributed by atoms with van der Waals surface area (Å²) in [5.74, 6) is -6.83. The van der Waals surface area contributed by atoms with Crippen molar-refractivity contribution in [3.8, 4) is 0 Å². The fourth-order valence-electron chi connectivity index (χ4n) is 2.27. The van der Waals surface area contributed by atoms with Crippen LogP contribution in [0.25, 0.3) is 0 Å². The Balaban J connectivity index is 5.83. The van der Waals surface area contributed by atoms with Gasteiger partial charge in [-0.2, -0.15) is 23.5 Å². The number of nitrogens with two attached hydrogens (primary N) is 1. The van der Waals surface area contributed by atoms with Crippen molar-refractivity contribution in [2.75, 3.05) is 11.5 Å². The predicted octanol–water partition coefficient (Wildman–Crippen LogP) is -0.00810. The molecule has 6 N–H and O–H groups in total. The molecule has 0 bridgehead atoms. The van der Waals surface area contributed by atoms with Crippen molar-refractivity contribution in [3.05, 3.63) is 0 Å².